The lowest BCUT2D eigenvalue weighted by atomic mass is 10.1. The average molecular weight is 289 g/mol. The number of carbonyl (C=O) groups excluding carboxylic acids is 1. The van der Waals surface area contributed by atoms with Gasteiger partial charge in [0.05, 0.1) is 4.92 Å². The van der Waals surface area contributed by atoms with Crippen molar-refractivity contribution in [2.75, 3.05) is 18.0 Å². The number of hydrogen-bond donors (Lipinski definition) is 0. The lowest BCUT2D eigenvalue weighted by molar-refractivity contribution is -0.384. The minimum absolute atomic E-state index is 0.0117. The average Bonchev–Trinajstić information content (AvgIpc) is 2.76. The summed E-state index contributed by atoms with van der Waals surface area (Å²) in [5.41, 5.74) is 10.5. The minimum atomic E-state index is -0.444. The van der Waals surface area contributed by atoms with E-state index in [0.29, 0.717) is 29.8 Å². The van der Waals surface area contributed by atoms with Gasteiger partial charge in [-0.15, -0.1) is 0 Å². The number of aryl methyl sites for hydroxylation is 2. The van der Waals surface area contributed by atoms with Gasteiger partial charge in [0.2, 0.25) is 5.91 Å². The first-order valence-electron chi connectivity index (χ1n) is 6.51. The predicted molar refractivity (Wildman–Crippen MR) is 77.0 cm³/mol. The molecular weight excluding hydrogens is 274 g/mol. The Labute approximate surface area is 121 Å². The van der Waals surface area contributed by atoms with Crippen LogP contribution in [-0.4, -0.2) is 23.9 Å². The molecule has 0 aromatic heterocycles. The molecule has 8 heteroatoms. The summed E-state index contributed by atoms with van der Waals surface area (Å²) in [6.07, 6.45) is 0.328. The van der Waals surface area contributed by atoms with Crippen molar-refractivity contribution >= 4 is 17.3 Å². The zero-order chi connectivity index (χ0) is 15.6. The molecular formula is C13H15N5O3. The van der Waals surface area contributed by atoms with Crippen LogP contribution < -0.4 is 4.90 Å². The summed E-state index contributed by atoms with van der Waals surface area (Å²) in [4.78, 5) is 26.9. The fourth-order valence-corrected chi connectivity index (χ4v) is 2.74. The maximum absolute atomic E-state index is 12.1. The summed E-state index contributed by atoms with van der Waals surface area (Å²) < 4.78 is 0. The molecule has 1 amide bonds. The van der Waals surface area contributed by atoms with Crippen LogP contribution in [0.4, 0.5) is 11.4 Å². The number of nitrogens with zero attached hydrogens (tertiary/aromatic N) is 5. The molecule has 0 radical (unpaired) electrons. The van der Waals surface area contributed by atoms with Gasteiger partial charge in [-0.05, 0) is 36.4 Å². The van der Waals surface area contributed by atoms with Gasteiger partial charge in [-0.1, -0.05) is 5.11 Å². The second-order valence-electron chi connectivity index (χ2n) is 5.17. The van der Waals surface area contributed by atoms with Crippen LogP contribution in [0.5, 0.6) is 0 Å². The summed E-state index contributed by atoms with van der Waals surface area (Å²) in [6.45, 7) is 4.26. The van der Waals surface area contributed by atoms with Crippen molar-refractivity contribution in [2.45, 2.75) is 20.3 Å². The zero-order valence-electron chi connectivity index (χ0n) is 11.8. The van der Waals surface area contributed by atoms with Crippen molar-refractivity contribution in [3.63, 3.8) is 0 Å². The molecule has 0 aliphatic carbocycles. The van der Waals surface area contributed by atoms with Crippen LogP contribution in [-0.2, 0) is 4.79 Å². The van der Waals surface area contributed by atoms with Crippen molar-refractivity contribution in [3.8, 4) is 0 Å². The summed E-state index contributed by atoms with van der Waals surface area (Å²) in [6, 6.07) is 2.94. The molecule has 1 heterocycles. The van der Waals surface area contributed by atoms with Crippen LogP contribution >= 0.6 is 0 Å². The van der Waals surface area contributed by atoms with Crippen molar-refractivity contribution < 1.29 is 9.72 Å². The quantitative estimate of drug-likeness (QED) is 0.279. The summed E-state index contributed by atoms with van der Waals surface area (Å²) in [5.74, 6) is -0.0596. The van der Waals surface area contributed by atoms with Crippen molar-refractivity contribution in [1.29, 1.82) is 0 Å². The first kappa shape index (κ1) is 14.8. The summed E-state index contributed by atoms with van der Waals surface area (Å²) >= 11 is 0. The summed E-state index contributed by atoms with van der Waals surface area (Å²) in [7, 11) is 0. The third-order valence-corrected chi connectivity index (χ3v) is 3.56. The van der Waals surface area contributed by atoms with Gasteiger partial charge in [-0.2, -0.15) is 0 Å². The van der Waals surface area contributed by atoms with Crippen molar-refractivity contribution in [3.05, 3.63) is 43.8 Å². The number of azide groups is 1. The molecule has 8 nitrogen and oxygen atoms in total. The molecule has 1 aromatic rings. The maximum Gasteiger partial charge on any atom is 0.270 e. The highest BCUT2D eigenvalue weighted by Crippen LogP contribution is 2.33. The zero-order valence-corrected chi connectivity index (χ0v) is 11.8. The van der Waals surface area contributed by atoms with E-state index in [1.807, 2.05) is 0 Å². The number of nitro groups is 1. The Hall–Kier alpha value is -2.60. The van der Waals surface area contributed by atoms with E-state index in [-0.39, 0.29) is 24.1 Å². The van der Waals surface area contributed by atoms with E-state index in [4.69, 9.17) is 5.53 Å². The predicted octanol–water partition coefficient (Wildman–Crippen LogP) is 2.87. The van der Waals surface area contributed by atoms with E-state index in [0.717, 1.165) is 0 Å². The number of non-ortho nitro benzene ring substituents is 1. The molecule has 0 spiro atoms. The molecule has 0 N–H and O–H groups in total. The molecule has 0 saturated carbocycles. The van der Waals surface area contributed by atoms with Gasteiger partial charge in [-0.3, -0.25) is 14.9 Å². The van der Waals surface area contributed by atoms with E-state index >= 15 is 0 Å². The first-order chi connectivity index (χ1) is 9.93. The molecule has 1 aliphatic rings. The number of hydrogen-bond acceptors (Lipinski definition) is 4. The van der Waals surface area contributed by atoms with E-state index < -0.39 is 4.92 Å². The van der Waals surface area contributed by atoms with Gasteiger partial charge in [0.15, 0.2) is 0 Å². The second-order valence-corrected chi connectivity index (χ2v) is 5.17. The van der Waals surface area contributed by atoms with Crippen LogP contribution in [0, 0.1) is 29.9 Å². The van der Waals surface area contributed by atoms with Gasteiger partial charge in [-0.25, -0.2) is 0 Å². The number of anilines is 1. The fraction of sp³-hybridized carbons (Fsp3) is 0.462. The van der Waals surface area contributed by atoms with Crippen LogP contribution in [0.2, 0.25) is 0 Å². The Kier molecular flexibility index (Phi) is 4.09. The Bertz CT molecular complexity index is 628. The Morgan fingerprint density at radius 1 is 1.48 bits per heavy atom. The molecule has 0 bridgehead atoms. The van der Waals surface area contributed by atoms with E-state index in [9.17, 15) is 14.9 Å². The van der Waals surface area contributed by atoms with Crippen molar-refractivity contribution in [1.82, 2.24) is 0 Å². The van der Waals surface area contributed by atoms with Crippen LogP contribution in [0.15, 0.2) is 17.2 Å². The Morgan fingerprint density at radius 2 is 2.10 bits per heavy atom. The Balaban J connectivity index is 2.32. The summed E-state index contributed by atoms with van der Waals surface area (Å²) in [5, 5.41) is 14.4. The maximum atomic E-state index is 12.1. The third-order valence-electron chi connectivity index (χ3n) is 3.56. The van der Waals surface area contributed by atoms with E-state index in [1.165, 1.54) is 12.1 Å². The van der Waals surface area contributed by atoms with Crippen LogP contribution in [0.3, 0.4) is 0 Å². The molecule has 21 heavy (non-hydrogen) atoms. The molecule has 1 unspecified atom stereocenters. The van der Waals surface area contributed by atoms with Gasteiger partial charge < -0.3 is 4.90 Å². The van der Waals surface area contributed by atoms with Gasteiger partial charge >= 0.3 is 0 Å². The highest BCUT2D eigenvalue weighted by atomic mass is 16.6. The number of amides is 1. The minimum Gasteiger partial charge on any atom is -0.312 e. The molecule has 1 atom stereocenters. The van der Waals surface area contributed by atoms with Gasteiger partial charge in [0.25, 0.3) is 5.69 Å². The Morgan fingerprint density at radius 3 is 2.62 bits per heavy atom. The lowest BCUT2D eigenvalue weighted by Gasteiger charge is -2.21. The fourth-order valence-electron chi connectivity index (χ4n) is 2.74. The topological polar surface area (TPSA) is 112 Å². The standard InChI is InChI=1S/C13H15N5O3/c1-8-3-11(18(20)21)4-9(2)13(8)17-7-10(5-12(17)19)6-15-16-14/h3-4,10H,5-7H2,1-2H3. The molecule has 1 aliphatic heterocycles. The number of rotatable bonds is 4. The number of nitro benzene ring substituents is 1. The van der Waals surface area contributed by atoms with Gasteiger partial charge in [0, 0.05) is 42.2 Å². The SMILES string of the molecule is Cc1cc([N+](=O)[O-])cc(C)c1N1CC(CN=[N+]=[N-])CC1=O. The molecule has 2 rings (SSSR count). The highest BCUT2D eigenvalue weighted by molar-refractivity contribution is 5.97. The normalized spacial score (nSPS) is 17.7. The van der Waals surface area contributed by atoms with Crippen LogP contribution in [0.1, 0.15) is 17.5 Å². The number of benzene rings is 1. The molecule has 1 aromatic carbocycles. The van der Waals surface area contributed by atoms with E-state index in [2.05, 4.69) is 10.0 Å². The molecule has 110 valence electrons. The van der Waals surface area contributed by atoms with Crippen molar-refractivity contribution in [2.24, 2.45) is 11.0 Å². The monoisotopic (exact) mass is 289 g/mol. The first-order valence-corrected chi connectivity index (χ1v) is 6.51. The number of carbonyl (C=O) groups is 1. The second kappa shape index (κ2) is 5.80. The highest BCUT2D eigenvalue weighted by Gasteiger charge is 2.32. The molecule has 1 saturated heterocycles. The third kappa shape index (κ3) is 2.95. The molecule has 1 fully saturated rings. The van der Waals surface area contributed by atoms with Crippen LogP contribution in [0.25, 0.3) is 10.4 Å². The van der Waals surface area contributed by atoms with E-state index in [1.54, 1.807) is 18.7 Å². The lowest BCUT2D eigenvalue weighted by Crippen LogP contribution is -2.26. The van der Waals surface area contributed by atoms with Gasteiger partial charge in [0.1, 0.15) is 0 Å². The smallest absolute Gasteiger partial charge is 0.270 e. The largest absolute Gasteiger partial charge is 0.312 e.